The Balaban J connectivity index is 1.26. The molecule has 0 saturated carbocycles. The first-order valence-corrected chi connectivity index (χ1v) is 11.9. The number of alkyl carbamates (subject to hydrolysis) is 1. The Labute approximate surface area is 205 Å². The van der Waals surface area contributed by atoms with Crippen LogP contribution in [-0.4, -0.2) is 31.8 Å². The van der Waals surface area contributed by atoms with E-state index in [1.165, 1.54) is 26.9 Å². The standard InChI is InChI=1S/C30H27NO4/c1-2-19-34-27(32)21-31-30(33)35-20-8-6-4-3-5-7-10-22-13-14-25-16-15-23-11-9-12-24-17-18-26(22)29(25)28(23)24/h9,11-18H,2,4,6,8,19-21H2,1H3,(H,31,33). The molecule has 0 aliphatic rings. The molecule has 0 radical (unpaired) electrons. The van der Waals surface area contributed by atoms with E-state index in [9.17, 15) is 9.59 Å². The van der Waals surface area contributed by atoms with Gasteiger partial charge in [0, 0.05) is 12.0 Å². The first-order chi connectivity index (χ1) is 17.2. The molecule has 0 aliphatic heterocycles. The molecule has 0 saturated heterocycles. The smallest absolute Gasteiger partial charge is 0.407 e. The molecule has 4 rings (SSSR count). The van der Waals surface area contributed by atoms with Gasteiger partial charge in [0.15, 0.2) is 0 Å². The van der Waals surface area contributed by atoms with Gasteiger partial charge in [-0.15, -0.1) is 0 Å². The van der Waals surface area contributed by atoms with Crippen molar-refractivity contribution >= 4 is 44.4 Å². The highest BCUT2D eigenvalue weighted by Gasteiger charge is 2.09. The fraction of sp³-hybridized carbons (Fsp3) is 0.267. The Morgan fingerprint density at radius 2 is 1.57 bits per heavy atom. The number of hydrogen-bond acceptors (Lipinski definition) is 4. The van der Waals surface area contributed by atoms with Crippen LogP contribution in [0.15, 0.2) is 54.6 Å². The fourth-order valence-electron chi connectivity index (χ4n) is 3.99. The van der Waals surface area contributed by atoms with Crippen LogP contribution in [0.5, 0.6) is 0 Å². The van der Waals surface area contributed by atoms with Crippen LogP contribution in [0.1, 0.15) is 38.2 Å². The third kappa shape index (κ3) is 6.02. The van der Waals surface area contributed by atoms with E-state index in [2.05, 4.69) is 83.6 Å². The Morgan fingerprint density at radius 1 is 0.829 bits per heavy atom. The van der Waals surface area contributed by atoms with Gasteiger partial charge >= 0.3 is 12.1 Å². The van der Waals surface area contributed by atoms with E-state index in [-0.39, 0.29) is 13.2 Å². The van der Waals surface area contributed by atoms with Crippen LogP contribution in [0.2, 0.25) is 0 Å². The summed E-state index contributed by atoms with van der Waals surface area (Å²) in [6.45, 7) is 2.33. The molecule has 4 aromatic carbocycles. The zero-order valence-corrected chi connectivity index (χ0v) is 19.8. The molecular weight excluding hydrogens is 438 g/mol. The summed E-state index contributed by atoms with van der Waals surface area (Å²) in [6, 6.07) is 19.2. The molecule has 1 amide bonds. The van der Waals surface area contributed by atoms with Crippen molar-refractivity contribution in [3.63, 3.8) is 0 Å². The normalized spacial score (nSPS) is 10.4. The number of esters is 1. The summed E-state index contributed by atoms with van der Waals surface area (Å²) in [5.74, 6) is 11.7. The number of unbranched alkanes of at least 4 members (excludes halogenated alkanes) is 2. The lowest BCUT2D eigenvalue weighted by Gasteiger charge is -2.11. The van der Waals surface area contributed by atoms with Crippen molar-refractivity contribution in [2.75, 3.05) is 19.8 Å². The molecule has 0 bridgehead atoms. The molecule has 35 heavy (non-hydrogen) atoms. The van der Waals surface area contributed by atoms with E-state index in [4.69, 9.17) is 9.47 Å². The number of hydrogen-bond donors (Lipinski definition) is 1. The Bertz CT molecular complexity index is 1450. The lowest BCUT2D eigenvalue weighted by Crippen LogP contribution is -2.31. The average molecular weight is 466 g/mol. The minimum Gasteiger partial charge on any atom is -0.464 e. The third-order valence-corrected chi connectivity index (χ3v) is 5.65. The molecule has 0 fully saturated rings. The first kappa shape index (κ1) is 23.9. The highest BCUT2D eigenvalue weighted by atomic mass is 16.6. The van der Waals surface area contributed by atoms with Gasteiger partial charge in [-0.1, -0.05) is 67.3 Å². The van der Waals surface area contributed by atoms with Crippen LogP contribution in [0.4, 0.5) is 4.79 Å². The third-order valence-electron chi connectivity index (χ3n) is 5.65. The molecular formula is C30H27NO4. The Morgan fingerprint density at radius 3 is 2.37 bits per heavy atom. The van der Waals surface area contributed by atoms with Gasteiger partial charge in [-0.3, -0.25) is 4.79 Å². The molecule has 4 aromatic rings. The van der Waals surface area contributed by atoms with E-state index in [0.717, 1.165) is 23.8 Å². The first-order valence-electron chi connectivity index (χ1n) is 11.9. The van der Waals surface area contributed by atoms with Crippen molar-refractivity contribution in [1.82, 2.24) is 5.32 Å². The molecule has 5 heteroatoms. The van der Waals surface area contributed by atoms with Gasteiger partial charge in [-0.2, -0.15) is 0 Å². The molecule has 1 N–H and O–H groups in total. The van der Waals surface area contributed by atoms with Gasteiger partial charge in [0.25, 0.3) is 0 Å². The molecule has 0 aliphatic carbocycles. The predicted octanol–water partition coefficient (Wildman–Crippen LogP) is 5.79. The molecule has 176 valence electrons. The van der Waals surface area contributed by atoms with E-state index >= 15 is 0 Å². The van der Waals surface area contributed by atoms with Crippen molar-refractivity contribution in [3.05, 3.63) is 60.2 Å². The van der Waals surface area contributed by atoms with Crippen molar-refractivity contribution in [3.8, 4) is 23.7 Å². The summed E-state index contributed by atoms with van der Waals surface area (Å²) in [5, 5.41) is 9.75. The topological polar surface area (TPSA) is 64.6 Å². The van der Waals surface area contributed by atoms with Gasteiger partial charge in [0.2, 0.25) is 0 Å². The SMILES string of the molecule is CCCOC(=O)CNC(=O)OCCCCC#CC#Cc1ccc2ccc3cccc4ccc1c2c34. The van der Waals surface area contributed by atoms with Crippen LogP contribution in [0, 0.1) is 23.7 Å². The number of benzene rings is 4. The summed E-state index contributed by atoms with van der Waals surface area (Å²) in [5.41, 5.74) is 0.975. The van der Waals surface area contributed by atoms with E-state index in [1.54, 1.807) is 0 Å². The van der Waals surface area contributed by atoms with Crippen LogP contribution in [0.3, 0.4) is 0 Å². The molecule has 0 aromatic heterocycles. The second-order valence-electron chi connectivity index (χ2n) is 8.19. The Kier molecular flexibility index (Phi) is 8.04. The van der Waals surface area contributed by atoms with Crippen LogP contribution >= 0.6 is 0 Å². The van der Waals surface area contributed by atoms with Crippen LogP contribution < -0.4 is 5.32 Å². The second kappa shape index (κ2) is 11.8. The molecule has 0 unspecified atom stereocenters. The van der Waals surface area contributed by atoms with Crippen molar-refractivity contribution < 1.29 is 19.1 Å². The molecule has 0 heterocycles. The molecule has 0 atom stereocenters. The summed E-state index contributed by atoms with van der Waals surface area (Å²) in [7, 11) is 0. The quantitative estimate of drug-likeness (QED) is 0.155. The zero-order valence-electron chi connectivity index (χ0n) is 19.8. The maximum atomic E-state index is 11.5. The highest BCUT2D eigenvalue weighted by molar-refractivity contribution is 6.23. The summed E-state index contributed by atoms with van der Waals surface area (Å²) >= 11 is 0. The second-order valence-corrected chi connectivity index (χ2v) is 8.19. The van der Waals surface area contributed by atoms with Crippen LogP contribution in [-0.2, 0) is 14.3 Å². The van der Waals surface area contributed by atoms with E-state index in [0.29, 0.717) is 19.4 Å². The maximum Gasteiger partial charge on any atom is 0.407 e. The summed E-state index contributed by atoms with van der Waals surface area (Å²) in [4.78, 5) is 22.9. The van der Waals surface area contributed by atoms with Crippen molar-refractivity contribution in [2.45, 2.75) is 32.6 Å². The number of ether oxygens (including phenoxy) is 2. The molecule has 0 spiro atoms. The number of carbonyl (C=O) groups excluding carboxylic acids is 2. The summed E-state index contributed by atoms with van der Waals surface area (Å²) in [6.07, 6.45) is 2.26. The van der Waals surface area contributed by atoms with E-state index in [1.807, 2.05) is 6.92 Å². The van der Waals surface area contributed by atoms with Crippen molar-refractivity contribution in [2.24, 2.45) is 0 Å². The van der Waals surface area contributed by atoms with Gasteiger partial charge in [0.05, 0.1) is 13.2 Å². The summed E-state index contributed by atoms with van der Waals surface area (Å²) < 4.78 is 9.91. The number of amides is 1. The van der Waals surface area contributed by atoms with E-state index < -0.39 is 12.1 Å². The number of rotatable bonds is 8. The predicted molar refractivity (Wildman–Crippen MR) is 139 cm³/mol. The zero-order chi connectivity index (χ0) is 24.5. The lowest BCUT2D eigenvalue weighted by molar-refractivity contribution is -0.142. The van der Waals surface area contributed by atoms with Gasteiger partial charge < -0.3 is 14.8 Å². The average Bonchev–Trinajstić information content (AvgIpc) is 2.88. The van der Waals surface area contributed by atoms with Gasteiger partial charge in [-0.05, 0) is 69.5 Å². The molecule has 5 nitrogen and oxygen atoms in total. The monoisotopic (exact) mass is 465 g/mol. The lowest BCUT2D eigenvalue weighted by atomic mass is 9.92. The Hall–Kier alpha value is -4.22. The van der Waals surface area contributed by atoms with Crippen molar-refractivity contribution in [1.29, 1.82) is 0 Å². The maximum absolute atomic E-state index is 11.5. The minimum absolute atomic E-state index is 0.185. The number of nitrogens with one attached hydrogen (secondary N) is 1. The largest absolute Gasteiger partial charge is 0.464 e. The van der Waals surface area contributed by atoms with Crippen LogP contribution in [0.25, 0.3) is 32.3 Å². The fourth-order valence-corrected chi connectivity index (χ4v) is 3.99. The number of carbonyl (C=O) groups is 2. The van der Waals surface area contributed by atoms with Gasteiger partial charge in [0.1, 0.15) is 6.54 Å². The van der Waals surface area contributed by atoms with Gasteiger partial charge in [-0.25, -0.2) is 4.79 Å². The minimum atomic E-state index is -0.622. The highest BCUT2D eigenvalue weighted by Crippen LogP contribution is 2.35.